The minimum Gasteiger partial charge on any atom is -0.324 e. The van der Waals surface area contributed by atoms with E-state index in [1.165, 1.54) is 9.96 Å². The van der Waals surface area contributed by atoms with Crippen molar-refractivity contribution >= 4 is 41.8 Å². The Morgan fingerprint density at radius 1 is 1.14 bits per heavy atom. The molecule has 11 nitrogen and oxygen atoms in total. The highest BCUT2D eigenvalue weighted by atomic mass is 31.2. The van der Waals surface area contributed by atoms with Gasteiger partial charge in [-0.2, -0.15) is 5.06 Å². The van der Waals surface area contributed by atoms with Crippen LogP contribution < -0.4 is 5.32 Å². The first kappa shape index (κ1) is 27.4. The van der Waals surface area contributed by atoms with Gasteiger partial charge in [0.25, 0.3) is 17.7 Å². The molecule has 2 aromatic rings. The molecule has 0 aliphatic carbocycles. The lowest BCUT2D eigenvalue weighted by Crippen LogP contribution is -2.43. The lowest BCUT2D eigenvalue weighted by atomic mass is 9.93. The Kier molecular flexibility index (Phi) is 8.13. The summed E-state index contributed by atoms with van der Waals surface area (Å²) in [6.45, 7) is 4.62. The molecule has 1 N–H and O–H groups in total. The van der Waals surface area contributed by atoms with Crippen molar-refractivity contribution in [2.24, 2.45) is 0 Å². The molecule has 2 aromatic carbocycles. The van der Waals surface area contributed by atoms with Gasteiger partial charge in [0.2, 0.25) is 0 Å². The van der Waals surface area contributed by atoms with Crippen LogP contribution in [0.1, 0.15) is 41.0 Å². The van der Waals surface area contributed by atoms with Crippen LogP contribution in [0.4, 0.5) is 5.69 Å². The molecule has 12 heteroatoms. The van der Waals surface area contributed by atoms with Crippen LogP contribution in [0.25, 0.3) is 10.8 Å². The van der Waals surface area contributed by atoms with E-state index in [4.69, 9.17) is 13.9 Å². The standard InChI is InChI=1S/C25H33N4O7P/c1-6-34-37(33,35-7-2)21-15-20(36-28(21)5)23(30)26-17-13-16-9-8-10-18-22(16)19(14-17)25(32)29(24(18)31)12-11-27(3)4/h8-10,13-14,20-21H,6-7,11-12,15H2,1-5H3,(H,26,30)/t20-,21-/m0/s1. The van der Waals surface area contributed by atoms with Crippen molar-refractivity contribution in [3.05, 3.63) is 41.5 Å². The zero-order chi connectivity index (χ0) is 26.9. The third-order valence-electron chi connectivity index (χ3n) is 6.38. The number of nitrogens with one attached hydrogen (secondary N) is 1. The van der Waals surface area contributed by atoms with Gasteiger partial charge in [0.1, 0.15) is 5.78 Å². The summed E-state index contributed by atoms with van der Waals surface area (Å²) in [5, 5.41) is 5.41. The molecule has 0 radical (unpaired) electrons. The maximum Gasteiger partial charge on any atom is 0.350 e. The quantitative estimate of drug-likeness (QED) is 0.364. The summed E-state index contributed by atoms with van der Waals surface area (Å²) in [5.74, 6) is -1.93. The van der Waals surface area contributed by atoms with Gasteiger partial charge in [-0.25, -0.2) is 0 Å². The third kappa shape index (κ3) is 5.34. The number of imide groups is 1. The van der Waals surface area contributed by atoms with Gasteiger partial charge >= 0.3 is 7.60 Å². The molecule has 1 saturated heterocycles. The number of carbonyl (C=O) groups excluding carboxylic acids is 3. The highest BCUT2D eigenvalue weighted by molar-refractivity contribution is 7.54. The van der Waals surface area contributed by atoms with Crippen molar-refractivity contribution in [3.8, 4) is 0 Å². The van der Waals surface area contributed by atoms with Gasteiger partial charge in [0.05, 0.1) is 18.8 Å². The fourth-order valence-corrected chi connectivity index (χ4v) is 6.70. The van der Waals surface area contributed by atoms with Gasteiger partial charge < -0.3 is 19.3 Å². The molecule has 0 bridgehead atoms. The van der Waals surface area contributed by atoms with Gasteiger partial charge in [-0.15, -0.1) is 0 Å². The fraction of sp³-hybridized carbons (Fsp3) is 0.480. The normalized spacial score (nSPS) is 20.3. The van der Waals surface area contributed by atoms with Crippen LogP contribution in [0.3, 0.4) is 0 Å². The number of benzene rings is 2. The van der Waals surface area contributed by atoms with Crippen LogP contribution in [0.2, 0.25) is 0 Å². The molecule has 200 valence electrons. The minimum absolute atomic E-state index is 0.107. The molecule has 2 aliphatic rings. The van der Waals surface area contributed by atoms with E-state index in [0.717, 1.165) is 0 Å². The molecule has 0 saturated carbocycles. The Morgan fingerprint density at radius 3 is 2.46 bits per heavy atom. The average Bonchev–Trinajstić information content (AvgIpc) is 3.25. The number of hydrogen-bond acceptors (Lipinski definition) is 9. The molecule has 2 atom stereocenters. The van der Waals surface area contributed by atoms with Crippen molar-refractivity contribution in [1.29, 1.82) is 0 Å². The van der Waals surface area contributed by atoms with E-state index < -0.39 is 31.3 Å². The van der Waals surface area contributed by atoms with Crippen LogP contribution >= 0.6 is 7.60 Å². The number of amides is 3. The molecular formula is C25H33N4O7P. The highest BCUT2D eigenvalue weighted by Gasteiger charge is 2.48. The predicted molar refractivity (Wildman–Crippen MR) is 138 cm³/mol. The van der Waals surface area contributed by atoms with Crippen molar-refractivity contribution in [3.63, 3.8) is 0 Å². The van der Waals surface area contributed by atoms with Gasteiger partial charge in [0.15, 0.2) is 6.10 Å². The number of likely N-dealkylation sites (N-methyl/N-ethyl adjacent to an activating group) is 1. The Morgan fingerprint density at radius 2 is 1.81 bits per heavy atom. The van der Waals surface area contributed by atoms with Crippen LogP contribution in [0.15, 0.2) is 30.3 Å². The number of hydrogen-bond donors (Lipinski definition) is 1. The first-order valence-corrected chi connectivity index (χ1v) is 13.9. The largest absolute Gasteiger partial charge is 0.350 e. The number of carbonyl (C=O) groups is 3. The fourth-order valence-electron chi connectivity index (χ4n) is 4.66. The van der Waals surface area contributed by atoms with Crippen LogP contribution in [0.5, 0.6) is 0 Å². The zero-order valence-electron chi connectivity index (χ0n) is 21.7. The summed E-state index contributed by atoms with van der Waals surface area (Å²) in [5.41, 5.74) is 1.20. The Bertz CT molecular complexity index is 1260. The van der Waals surface area contributed by atoms with Crippen molar-refractivity contribution in [2.75, 3.05) is 52.8 Å². The van der Waals surface area contributed by atoms with Gasteiger partial charge in [-0.1, -0.05) is 12.1 Å². The van der Waals surface area contributed by atoms with E-state index in [2.05, 4.69) is 5.32 Å². The molecular weight excluding hydrogens is 499 g/mol. The zero-order valence-corrected chi connectivity index (χ0v) is 22.6. The van der Waals surface area contributed by atoms with Crippen molar-refractivity contribution < 1.29 is 32.8 Å². The summed E-state index contributed by atoms with van der Waals surface area (Å²) in [6.07, 6.45) is -0.827. The second-order valence-corrected chi connectivity index (χ2v) is 11.4. The van der Waals surface area contributed by atoms with Gasteiger partial charge in [0, 0.05) is 43.2 Å². The summed E-state index contributed by atoms with van der Waals surface area (Å²) in [7, 11) is 1.80. The molecule has 2 aliphatic heterocycles. The average molecular weight is 533 g/mol. The van der Waals surface area contributed by atoms with E-state index in [1.807, 2.05) is 19.0 Å². The van der Waals surface area contributed by atoms with Crippen LogP contribution in [-0.2, 0) is 23.2 Å². The number of rotatable bonds is 10. The first-order chi connectivity index (χ1) is 17.6. The summed E-state index contributed by atoms with van der Waals surface area (Å²) in [4.78, 5) is 48.4. The van der Waals surface area contributed by atoms with Crippen molar-refractivity contribution in [1.82, 2.24) is 14.9 Å². The van der Waals surface area contributed by atoms with Gasteiger partial charge in [-0.3, -0.25) is 28.7 Å². The minimum atomic E-state index is -3.53. The SMILES string of the molecule is CCOP(=O)(OCC)[C@H]1C[C@@H](C(=O)Nc2cc3c4c(cccc4c2)C(=O)N(CCN(C)C)C3=O)ON1C. The molecule has 2 heterocycles. The Labute approximate surface area is 216 Å². The monoisotopic (exact) mass is 532 g/mol. The van der Waals surface area contributed by atoms with E-state index in [9.17, 15) is 18.9 Å². The predicted octanol–water partition coefficient (Wildman–Crippen LogP) is 3.16. The number of nitrogens with zero attached hydrogens (tertiary/aromatic N) is 3. The lowest BCUT2D eigenvalue weighted by molar-refractivity contribution is -0.155. The smallest absolute Gasteiger partial charge is 0.324 e. The van der Waals surface area contributed by atoms with Crippen molar-refractivity contribution in [2.45, 2.75) is 32.2 Å². The Hall–Kier alpha value is -2.66. The molecule has 0 aromatic heterocycles. The number of anilines is 1. The second-order valence-electron chi connectivity index (χ2n) is 9.21. The first-order valence-electron chi connectivity index (χ1n) is 12.3. The molecule has 0 unspecified atom stereocenters. The maximum absolute atomic E-state index is 13.3. The molecule has 37 heavy (non-hydrogen) atoms. The lowest BCUT2D eigenvalue weighted by Gasteiger charge is -2.28. The number of hydroxylamine groups is 2. The van der Waals surface area contributed by atoms with Crippen LogP contribution in [0, 0.1) is 0 Å². The topological polar surface area (TPSA) is 118 Å². The van der Waals surface area contributed by atoms with Crippen LogP contribution in [-0.4, -0.2) is 91.9 Å². The van der Waals surface area contributed by atoms with E-state index >= 15 is 0 Å². The molecule has 3 amide bonds. The molecule has 1 fully saturated rings. The summed E-state index contributed by atoms with van der Waals surface area (Å²) >= 11 is 0. The third-order valence-corrected chi connectivity index (χ3v) is 8.88. The molecule has 0 spiro atoms. The summed E-state index contributed by atoms with van der Waals surface area (Å²) in [6, 6.07) is 8.56. The van der Waals surface area contributed by atoms with E-state index in [0.29, 0.717) is 34.1 Å². The molecule has 4 rings (SSSR count). The second kappa shape index (κ2) is 11.0. The summed E-state index contributed by atoms with van der Waals surface area (Å²) < 4.78 is 24.1. The van der Waals surface area contributed by atoms with Gasteiger partial charge in [-0.05, 0) is 51.5 Å². The van der Waals surface area contributed by atoms with E-state index in [1.54, 1.807) is 51.2 Å². The Balaban J connectivity index is 1.59. The maximum atomic E-state index is 13.3. The van der Waals surface area contributed by atoms with E-state index in [-0.39, 0.29) is 32.1 Å². The highest BCUT2D eigenvalue weighted by Crippen LogP contribution is 2.57.